The summed E-state index contributed by atoms with van der Waals surface area (Å²) >= 11 is 0. The number of benzene rings is 1. The summed E-state index contributed by atoms with van der Waals surface area (Å²) in [4.78, 5) is 12.4. The molecule has 2 aromatic heterocycles. The number of nitrogens with two attached hydrogens (primary N) is 1. The van der Waals surface area contributed by atoms with Gasteiger partial charge in [0, 0.05) is 6.07 Å². The highest BCUT2D eigenvalue weighted by Gasteiger charge is 2.30. The molecule has 0 aliphatic carbocycles. The van der Waals surface area contributed by atoms with Gasteiger partial charge < -0.3 is 15.8 Å². The first-order chi connectivity index (χ1) is 13.7. The first-order valence-corrected chi connectivity index (χ1v) is 8.78. The number of hydrogen-bond donors (Lipinski definition) is 2. The Kier molecular flexibility index (Phi) is 7.16. The highest BCUT2D eigenvalue weighted by atomic mass is 19.2. The van der Waals surface area contributed by atoms with Crippen molar-refractivity contribution in [2.75, 3.05) is 6.61 Å². The van der Waals surface area contributed by atoms with Crippen LogP contribution in [0.4, 0.5) is 13.2 Å². The number of amides is 1. The fraction of sp³-hybridized carbons (Fsp3) is 0.350. The van der Waals surface area contributed by atoms with Crippen LogP contribution >= 0.6 is 0 Å². The van der Waals surface area contributed by atoms with Crippen molar-refractivity contribution >= 4 is 11.6 Å². The number of hydrogen-bond acceptors (Lipinski definition) is 5. The molecule has 10 heteroatoms. The number of nitrogens with one attached hydrogen (secondary N) is 1. The molecular weight excluding hydrogens is 399 g/mol. The molecule has 0 bridgehead atoms. The zero-order chi connectivity index (χ0) is 21.2. The monoisotopic (exact) mass is 423 g/mol. The highest BCUT2D eigenvalue weighted by molar-refractivity contribution is 5.85. The van der Waals surface area contributed by atoms with Crippen LogP contribution in [0.2, 0.25) is 0 Å². The lowest BCUT2D eigenvalue weighted by Crippen LogP contribution is -2.51. The maximum atomic E-state index is 14.4. The standard InChI is InChI=1S/C19H20F3N5O2.CH4/c1-19(2,23)18(28)24-14(10-29-9-11-6-4-3-5-7-11)17-26-25-16-13(21)8-12(20)15(22)27(16)17;/h3-8,14H,9-10,23H2,1-2H3,(H,24,28);1H4/t14-;/m1./s1. The van der Waals surface area contributed by atoms with Crippen molar-refractivity contribution < 1.29 is 22.7 Å². The number of ether oxygens (including phenoxy) is 1. The van der Waals surface area contributed by atoms with E-state index in [9.17, 15) is 18.0 Å². The maximum Gasteiger partial charge on any atom is 0.240 e. The largest absolute Gasteiger partial charge is 0.374 e. The molecule has 1 atom stereocenters. The molecule has 0 aliphatic rings. The second kappa shape index (κ2) is 9.23. The molecule has 2 heterocycles. The summed E-state index contributed by atoms with van der Waals surface area (Å²) in [5, 5.41) is 9.90. The lowest BCUT2D eigenvalue weighted by atomic mass is 10.1. The van der Waals surface area contributed by atoms with Gasteiger partial charge in [-0.2, -0.15) is 4.39 Å². The topological polar surface area (TPSA) is 94.5 Å². The normalized spacial score (nSPS) is 12.5. The van der Waals surface area contributed by atoms with Crippen LogP contribution in [0.5, 0.6) is 0 Å². The molecule has 3 N–H and O–H groups in total. The lowest BCUT2D eigenvalue weighted by Gasteiger charge is -2.23. The summed E-state index contributed by atoms with van der Waals surface area (Å²) in [6, 6.07) is 8.53. The van der Waals surface area contributed by atoms with Crippen molar-refractivity contribution in [2.24, 2.45) is 5.73 Å². The average molecular weight is 423 g/mol. The van der Waals surface area contributed by atoms with Crippen LogP contribution < -0.4 is 11.1 Å². The van der Waals surface area contributed by atoms with Gasteiger partial charge in [-0.25, -0.2) is 13.2 Å². The van der Waals surface area contributed by atoms with Crippen LogP contribution in [0, 0.1) is 17.6 Å². The molecule has 0 radical (unpaired) electrons. The van der Waals surface area contributed by atoms with E-state index in [1.54, 1.807) is 0 Å². The molecule has 7 nitrogen and oxygen atoms in total. The van der Waals surface area contributed by atoms with Crippen LogP contribution in [0.25, 0.3) is 5.65 Å². The van der Waals surface area contributed by atoms with Gasteiger partial charge in [0.1, 0.15) is 6.04 Å². The van der Waals surface area contributed by atoms with E-state index in [0.29, 0.717) is 10.5 Å². The number of nitrogens with zero attached hydrogens (tertiary/aromatic N) is 3. The molecule has 0 fully saturated rings. The molecule has 0 saturated heterocycles. The van der Waals surface area contributed by atoms with Crippen LogP contribution in [-0.2, 0) is 16.1 Å². The second-order valence-corrected chi connectivity index (χ2v) is 7.10. The van der Waals surface area contributed by atoms with Gasteiger partial charge in [-0.1, -0.05) is 37.8 Å². The number of rotatable bonds is 7. The van der Waals surface area contributed by atoms with Crippen molar-refractivity contribution in [3.8, 4) is 0 Å². The van der Waals surface area contributed by atoms with Gasteiger partial charge >= 0.3 is 0 Å². The molecule has 162 valence electrons. The quantitative estimate of drug-likeness (QED) is 0.570. The molecule has 0 aliphatic heterocycles. The number of aromatic nitrogens is 3. The van der Waals surface area contributed by atoms with E-state index in [2.05, 4.69) is 15.5 Å². The molecule has 0 saturated carbocycles. The van der Waals surface area contributed by atoms with Crippen molar-refractivity contribution in [2.45, 2.75) is 39.5 Å². The maximum absolute atomic E-state index is 14.4. The molecule has 0 unspecified atom stereocenters. The first-order valence-electron chi connectivity index (χ1n) is 8.78. The van der Waals surface area contributed by atoms with Gasteiger partial charge in [0.25, 0.3) is 0 Å². The summed E-state index contributed by atoms with van der Waals surface area (Å²) in [6.45, 7) is 2.99. The zero-order valence-electron chi connectivity index (χ0n) is 15.8. The average Bonchev–Trinajstić information content (AvgIpc) is 3.11. The van der Waals surface area contributed by atoms with Gasteiger partial charge in [0.15, 0.2) is 23.1 Å². The van der Waals surface area contributed by atoms with Gasteiger partial charge in [0.2, 0.25) is 11.9 Å². The van der Waals surface area contributed by atoms with E-state index in [1.807, 2.05) is 30.3 Å². The Morgan fingerprint density at radius 2 is 1.87 bits per heavy atom. The summed E-state index contributed by atoms with van der Waals surface area (Å²) in [5.74, 6) is -4.68. The lowest BCUT2D eigenvalue weighted by molar-refractivity contribution is -0.126. The fourth-order valence-corrected chi connectivity index (χ4v) is 2.61. The van der Waals surface area contributed by atoms with E-state index in [1.165, 1.54) is 13.8 Å². The Morgan fingerprint density at radius 1 is 1.20 bits per heavy atom. The molecule has 30 heavy (non-hydrogen) atoms. The summed E-state index contributed by atoms with van der Waals surface area (Å²) in [5.41, 5.74) is 4.91. The summed E-state index contributed by atoms with van der Waals surface area (Å²) < 4.78 is 48.2. The molecule has 3 aromatic rings. The number of halogens is 3. The molecule has 1 amide bonds. The predicted octanol–water partition coefficient (Wildman–Crippen LogP) is 2.89. The Balaban J connectivity index is 0.00000320. The van der Waals surface area contributed by atoms with Crippen LogP contribution in [0.3, 0.4) is 0 Å². The third-order valence-electron chi connectivity index (χ3n) is 4.15. The van der Waals surface area contributed by atoms with Crippen molar-refractivity contribution in [3.63, 3.8) is 0 Å². The van der Waals surface area contributed by atoms with Gasteiger partial charge in [-0.3, -0.25) is 4.79 Å². The number of fused-ring (bicyclic) bond motifs is 1. The Bertz CT molecular complexity index is 1020. The van der Waals surface area contributed by atoms with E-state index < -0.39 is 40.7 Å². The van der Waals surface area contributed by atoms with E-state index in [-0.39, 0.29) is 26.5 Å². The third kappa shape index (κ3) is 4.95. The van der Waals surface area contributed by atoms with Crippen LogP contribution in [-0.4, -0.2) is 32.7 Å². The Morgan fingerprint density at radius 3 is 2.50 bits per heavy atom. The molecule has 0 spiro atoms. The Hall–Kier alpha value is -2.98. The smallest absolute Gasteiger partial charge is 0.240 e. The summed E-state index contributed by atoms with van der Waals surface area (Å²) in [7, 11) is 0. The van der Waals surface area contributed by atoms with Gasteiger partial charge in [-0.05, 0) is 19.4 Å². The number of carbonyl (C=O) groups is 1. The molecule has 1 aromatic carbocycles. The van der Waals surface area contributed by atoms with E-state index in [0.717, 1.165) is 5.56 Å². The van der Waals surface area contributed by atoms with E-state index in [4.69, 9.17) is 10.5 Å². The van der Waals surface area contributed by atoms with Gasteiger partial charge in [0.05, 0.1) is 18.8 Å². The van der Waals surface area contributed by atoms with Crippen LogP contribution in [0.15, 0.2) is 36.4 Å². The zero-order valence-corrected chi connectivity index (χ0v) is 15.8. The minimum atomic E-state index is -1.41. The first kappa shape index (κ1) is 23.3. The summed E-state index contributed by atoms with van der Waals surface area (Å²) in [6.07, 6.45) is 0. The Labute approximate surface area is 172 Å². The molecular formula is C20H24F3N5O2. The minimum absolute atomic E-state index is 0. The van der Waals surface area contributed by atoms with E-state index >= 15 is 0 Å². The molecule has 3 rings (SSSR count). The predicted molar refractivity (Wildman–Crippen MR) is 105 cm³/mol. The van der Waals surface area contributed by atoms with Gasteiger partial charge in [-0.15, -0.1) is 10.2 Å². The number of carbonyl (C=O) groups excluding carboxylic acids is 1. The second-order valence-electron chi connectivity index (χ2n) is 7.10. The third-order valence-corrected chi connectivity index (χ3v) is 4.15. The fourth-order valence-electron chi connectivity index (χ4n) is 2.61. The van der Waals surface area contributed by atoms with Crippen molar-refractivity contribution in [1.82, 2.24) is 19.9 Å². The van der Waals surface area contributed by atoms with Crippen LogP contribution in [0.1, 0.15) is 38.7 Å². The SMILES string of the molecule is C.CC(C)(N)C(=O)N[C@H](COCc1ccccc1)c1nnc2c(F)cc(F)c(F)n12. The van der Waals surface area contributed by atoms with Crippen molar-refractivity contribution in [3.05, 3.63) is 65.4 Å². The van der Waals surface area contributed by atoms with Crippen molar-refractivity contribution in [1.29, 1.82) is 0 Å². The number of pyridine rings is 1. The minimum Gasteiger partial charge on any atom is -0.374 e. The highest BCUT2D eigenvalue weighted by Crippen LogP contribution is 2.20.